The fraction of sp³-hybridized carbons (Fsp3) is 0.478. The van der Waals surface area contributed by atoms with Crippen LogP contribution < -0.4 is 14.8 Å². The highest BCUT2D eigenvalue weighted by molar-refractivity contribution is 5.48. The summed E-state index contributed by atoms with van der Waals surface area (Å²) in [4.78, 5) is 0. The summed E-state index contributed by atoms with van der Waals surface area (Å²) in [5.41, 5.74) is 2.30. The normalized spacial score (nSPS) is 11.0. The summed E-state index contributed by atoms with van der Waals surface area (Å²) in [5.74, 6) is 3.19. The van der Waals surface area contributed by atoms with Gasteiger partial charge in [-0.05, 0) is 54.5 Å². The zero-order chi connectivity index (χ0) is 18.8. The molecule has 0 saturated carbocycles. The number of anilines is 1. The van der Waals surface area contributed by atoms with Crippen LogP contribution in [0.1, 0.15) is 46.1 Å². The van der Waals surface area contributed by atoms with Gasteiger partial charge >= 0.3 is 0 Å². The van der Waals surface area contributed by atoms with Crippen molar-refractivity contribution in [2.24, 2.45) is 11.8 Å². The number of nitrogens with one attached hydrogen (secondary N) is 1. The monoisotopic (exact) mass is 355 g/mol. The standard InChI is InChI=1S/C23H33NO2/c1-18(2)12-14-25-22-10-8-20(9-11-22)17-24-21-6-5-7-23(16-21)26-15-13-19(3)4/h5-11,16,18-19,24H,12-15,17H2,1-4H3. The molecule has 0 aliphatic heterocycles. The van der Waals surface area contributed by atoms with E-state index < -0.39 is 0 Å². The molecule has 0 amide bonds. The second-order valence-electron chi connectivity index (χ2n) is 7.59. The van der Waals surface area contributed by atoms with E-state index in [0.29, 0.717) is 11.8 Å². The van der Waals surface area contributed by atoms with Gasteiger partial charge in [-0.1, -0.05) is 45.9 Å². The molecule has 0 saturated heterocycles. The molecule has 3 heteroatoms. The molecule has 0 aromatic heterocycles. The second kappa shape index (κ2) is 10.7. The van der Waals surface area contributed by atoms with Crippen molar-refractivity contribution in [2.75, 3.05) is 18.5 Å². The fourth-order valence-electron chi connectivity index (χ4n) is 2.43. The third-order valence-corrected chi connectivity index (χ3v) is 4.18. The van der Waals surface area contributed by atoms with E-state index in [1.807, 2.05) is 24.3 Å². The fourth-order valence-corrected chi connectivity index (χ4v) is 2.43. The van der Waals surface area contributed by atoms with Gasteiger partial charge in [-0.2, -0.15) is 0 Å². The van der Waals surface area contributed by atoms with E-state index in [2.05, 4.69) is 57.3 Å². The molecule has 0 aliphatic carbocycles. The van der Waals surface area contributed by atoms with Crippen molar-refractivity contribution < 1.29 is 9.47 Å². The van der Waals surface area contributed by atoms with E-state index in [1.54, 1.807) is 0 Å². The Hall–Kier alpha value is -2.16. The van der Waals surface area contributed by atoms with Crippen LogP contribution in [0.4, 0.5) is 5.69 Å². The van der Waals surface area contributed by atoms with Crippen molar-refractivity contribution in [3.63, 3.8) is 0 Å². The Balaban J connectivity index is 1.79. The lowest BCUT2D eigenvalue weighted by Gasteiger charge is -2.12. The SMILES string of the molecule is CC(C)CCOc1ccc(CNc2cccc(OCCC(C)C)c2)cc1. The largest absolute Gasteiger partial charge is 0.494 e. The quantitative estimate of drug-likeness (QED) is 0.524. The Labute approximate surface area is 158 Å². The van der Waals surface area contributed by atoms with Gasteiger partial charge in [-0.25, -0.2) is 0 Å². The molecule has 1 N–H and O–H groups in total. The van der Waals surface area contributed by atoms with Gasteiger partial charge in [0.25, 0.3) is 0 Å². The van der Waals surface area contributed by atoms with Crippen LogP contribution in [-0.2, 0) is 6.54 Å². The van der Waals surface area contributed by atoms with Gasteiger partial charge in [0.05, 0.1) is 13.2 Å². The molecule has 142 valence electrons. The van der Waals surface area contributed by atoms with E-state index >= 15 is 0 Å². The number of hydrogen-bond donors (Lipinski definition) is 1. The summed E-state index contributed by atoms with van der Waals surface area (Å²) < 4.78 is 11.6. The number of ether oxygens (including phenoxy) is 2. The van der Waals surface area contributed by atoms with E-state index in [0.717, 1.165) is 49.8 Å². The Morgan fingerprint density at radius 3 is 2.00 bits per heavy atom. The van der Waals surface area contributed by atoms with Crippen LogP contribution in [0.15, 0.2) is 48.5 Å². The highest BCUT2D eigenvalue weighted by Crippen LogP contribution is 2.19. The molecule has 0 bridgehead atoms. The maximum atomic E-state index is 5.82. The smallest absolute Gasteiger partial charge is 0.121 e. The Morgan fingerprint density at radius 1 is 0.769 bits per heavy atom. The third-order valence-electron chi connectivity index (χ3n) is 4.18. The molecule has 0 aliphatic rings. The Bertz CT molecular complexity index is 635. The van der Waals surface area contributed by atoms with Crippen LogP contribution in [-0.4, -0.2) is 13.2 Å². The molecule has 2 rings (SSSR count). The highest BCUT2D eigenvalue weighted by Gasteiger charge is 2.01. The first-order chi connectivity index (χ1) is 12.5. The molecule has 0 atom stereocenters. The van der Waals surface area contributed by atoms with Crippen molar-refractivity contribution >= 4 is 5.69 Å². The van der Waals surface area contributed by atoms with E-state index in [9.17, 15) is 0 Å². The summed E-state index contributed by atoms with van der Waals surface area (Å²) >= 11 is 0. The first-order valence-corrected chi connectivity index (χ1v) is 9.71. The van der Waals surface area contributed by atoms with E-state index in [1.165, 1.54) is 5.56 Å². The third kappa shape index (κ3) is 7.81. The second-order valence-corrected chi connectivity index (χ2v) is 7.59. The maximum absolute atomic E-state index is 5.82. The molecular formula is C23H33NO2. The summed E-state index contributed by atoms with van der Waals surface area (Å²) in [5, 5.41) is 3.46. The molecule has 0 unspecified atom stereocenters. The van der Waals surface area contributed by atoms with Gasteiger partial charge < -0.3 is 14.8 Å². The summed E-state index contributed by atoms with van der Waals surface area (Å²) in [6, 6.07) is 16.5. The lowest BCUT2D eigenvalue weighted by atomic mass is 10.1. The van der Waals surface area contributed by atoms with Crippen LogP contribution in [0.5, 0.6) is 11.5 Å². The van der Waals surface area contributed by atoms with E-state index in [-0.39, 0.29) is 0 Å². The molecule has 2 aromatic carbocycles. The zero-order valence-corrected chi connectivity index (χ0v) is 16.6. The lowest BCUT2D eigenvalue weighted by Crippen LogP contribution is -2.03. The van der Waals surface area contributed by atoms with Crippen LogP contribution in [0.25, 0.3) is 0 Å². The van der Waals surface area contributed by atoms with Gasteiger partial charge in [-0.3, -0.25) is 0 Å². The van der Waals surface area contributed by atoms with Crippen molar-refractivity contribution in [1.29, 1.82) is 0 Å². The molecule has 26 heavy (non-hydrogen) atoms. The minimum Gasteiger partial charge on any atom is -0.494 e. The van der Waals surface area contributed by atoms with Gasteiger partial charge in [0.2, 0.25) is 0 Å². The molecule has 3 nitrogen and oxygen atoms in total. The molecule has 0 spiro atoms. The van der Waals surface area contributed by atoms with Crippen LogP contribution in [0.2, 0.25) is 0 Å². The summed E-state index contributed by atoms with van der Waals surface area (Å²) in [6.07, 6.45) is 2.15. The number of hydrogen-bond acceptors (Lipinski definition) is 3. The van der Waals surface area contributed by atoms with Crippen LogP contribution >= 0.6 is 0 Å². The minimum atomic E-state index is 0.661. The first-order valence-electron chi connectivity index (χ1n) is 9.71. The lowest BCUT2D eigenvalue weighted by molar-refractivity contribution is 0.289. The van der Waals surface area contributed by atoms with Crippen LogP contribution in [0.3, 0.4) is 0 Å². The van der Waals surface area contributed by atoms with Gasteiger partial charge in [0.15, 0.2) is 0 Å². The summed E-state index contributed by atoms with van der Waals surface area (Å²) in [6.45, 7) is 11.2. The van der Waals surface area contributed by atoms with Gasteiger partial charge in [0, 0.05) is 18.3 Å². The molecular weight excluding hydrogens is 322 g/mol. The number of rotatable bonds is 11. The maximum Gasteiger partial charge on any atom is 0.121 e. The predicted octanol–water partition coefficient (Wildman–Crippen LogP) is 6.15. The average molecular weight is 356 g/mol. The van der Waals surface area contributed by atoms with Crippen molar-refractivity contribution in [3.8, 4) is 11.5 Å². The predicted molar refractivity (Wildman–Crippen MR) is 110 cm³/mol. The molecule has 0 fully saturated rings. The Morgan fingerprint density at radius 2 is 1.38 bits per heavy atom. The van der Waals surface area contributed by atoms with Crippen molar-refractivity contribution in [2.45, 2.75) is 47.1 Å². The summed E-state index contributed by atoms with van der Waals surface area (Å²) in [7, 11) is 0. The first kappa shape index (κ1) is 20.2. The molecule has 0 heterocycles. The number of benzene rings is 2. The molecule has 2 aromatic rings. The average Bonchev–Trinajstić information content (AvgIpc) is 2.61. The van der Waals surface area contributed by atoms with Gasteiger partial charge in [-0.15, -0.1) is 0 Å². The Kier molecular flexibility index (Phi) is 8.33. The van der Waals surface area contributed by atoms with Gasteiger partial charge in [0.1, 0.15) is 11.5 Å². The highest BCUT2D eigenvalue weighted by atomic mass is 16.5. The topological polar surface area (TPSA) is 30.5 Å². The molecule has 0 radical (unpaired) electrons. The van der Waals surface area contributed by atoms with Crippen LogP contribution in [0, 0.1) is 11.8 Å². The zero-order valence-electron chi connectivity index (χ0n) is 16.6. The van der Waals surface area contributed by atoms with Crippen molar-refractivity contribution in [3.05, 3.63) is 54.1 Å². The van der Waals surface area contributed by atoms with E-state index in [4.69, 9.17) is 9.47 Å². The minimum absolute atomic E-state index is 0.661. The van der Waals surface area contributed by atoms with Crippen molar-refractivity contribution in [1.82, 2.24) is 0 Å².